The number of aromatic nitrogens is 1. The first-order valence-electron chi connectivity index (χ1n) is 9.26. The molecule has 1 atom stereocenters. The second kappa shape index (κ2) is 7.23. The van der Waals surface area contributed by atoms with Crippen LogP contribution >= 0.6 is 0 Å². The van der Waals surface area contributed by atoms with Crippen molar-refractivity contribution in [1.82, 2.24) is 9.88 Å². The van der Waals surface area contributed by atoms with Gasteiger partial charge in [0.2, 0.25) is 0 Å². The lowest BCUT2D eigenvalue weighted by molar-refractivity contribution is 0.0784. The van der Waals surface area contributed by atoms with Crippen LogP contribution < -0.4 is 4.90 Å². The number of hydrogen-bond acceptors (Lipinski definition) is 3. The minimum Gasteiger partial charge on any atom is -0.337 e. The van der Waals surface area contributed by atoms with Crippen molar-refractivity contribution < 1.29 is 4.79 Å². The molecule has 1 unspecified atom stereocenters. The second-order valence-electron chi connectivity index (χ2n) is 7.10. The fraction of sp³-hybridized carbons (Fsp3) is 0.217. The van der Waals surface area contributed by atoms with Gasteiger partial charge in [0.15, 0.2) is 0 Å². The molecule has 2 heterocycles. The third-order valence-electron chi connectivity index (χ3n) is 5.06. The Labute approximate surface area is 160 Å². The van der Waals surface area contributed by atoms with Crippen molar-refractivity contribution in [2.75, 3.05) is 11.9 Å². The SMILES string of the molecule is CC1Cc2ccccc2N1c1ccc(C(=O)N(C)Cc2ccccc2)cn1. The van der Waals surface area contributed by atoms with Gasteiger partial charge in [-0.15, -0.1) is 0 Å². The molecule has 1 aliphatic heterocycles. The summed E-state index contributed by atoms with van der Waals surface area (Å²) in [5, 5.41) is 0. The topological polar surface area (TPSA) is 36.4 Å². The average Bonchev–Trinajstić information content (AvgIpc) is 3.04. The number of nitrogens with zero attached hydrogens (tertiary/aromatic N) is 3. The molecule has 4 rings (SSSR count). The lowest BCUT2D eigenvalue weighted by Gasteiger charge is -2.24. The largest absolute Gasteiger partial charge is 0.337 e. The summed E-state index contributed by atoms with van der Waals surface area (Å²) in [6.45, 7) is 2.78. The summed E-state index contributed by atoms with van der Waals surface area (Å²) in [4.78, 5) is 21.3. The maximum atomic E-state index is 12.7. The maximum Gasteiger partial charge on any atom is 0.255 e. The van der Waals surface area contributed by atoms with E-state index in [2.05, 4.69) is 41.1 Å². The van der Waals surface area contributed by atoms with Gasteiger partial charge in [0.1, 0.15) is 5.82 Å². The van der Waals surface area contributed by atoms with Gasteiger partial charge in [-0.2, -0.15) is 0 Å². The molecule has 0 radical (unpaired) electrons. The van der Waals surface area contributed by atoms with Crippen LogP contribution in [0.3, 0.4) is 0 Å². The van der Waals surface area contributed by atoms with Crippen LogP contribution in [0.15, 0.2) is 72.9 Å². The fourth-order valence-corrected chi connectivity index (χ4v) is 3.72. The van der Waals surface area contributed by atoms with Crippen molar-refractivity contribution in [2.24, 2.45) is 0 Å². The number of para-hydroxylation sites is 1. The van der Waals surface area contributed by atoms with Gasteiger partial charge in [0.05, 0.1) is 5.56 Å². The molecule has 1 aromatic heterocycles. The van der Waals surface area contributed by atoms with Crippen LogP contribution in [-0.4, -0.2) is 28.9 Å². The molecule has 1 aliphatic rings. The van der Waals surface area contributed by atoms with Crippen molar-refractivity contribution >= 4 is 17.4 Å². The number of anilines is 2. The number of carbonyl (C=O) groups is 1. The first-order chi connectivity index (χ1) is 13.1. The van der Waals surface area contributed by atoms with Gasteiger partial charge in [-0.3, -0.25) is 4.79 Å². The number of carbonyl (C=O) groups excluding carboxylic acids is 1. The van der Waals surface area contributed by atoms with Crippen molar-refractivity contribution in [1.29, 1.82) is 0 Å². The number of benzene rings is 2. The zero-order valence-corrected chi connectivity index (χ0v) is 15.7. The molecule has 0 saturated heterocycles. The van der Waals surface area contributed by atoms with E-state index in [1.54, 1.807) is 11.1 Å². The highest BCUT2D eigenvalue weighted by Gasteiger charge is 2.27. The molecule has 4 nitrogen and oxygen atoms in total. The van der Waals surface area contributed by atoms with Gasteiger partial charge < -0.3 is 9.80 Å². The minimum absolute atomic E-state index is 0.0206. The van der Waals surface area contributed by atoms with Crippen molar-refractivity contribution in [3.05, 3.63) is 89.6 Å². The monoisotopic (exact) mass is 357 g/mol. The summed E-state index contributed by atoms with van der Waals surface area (Å²) in [5.41, 5.74) is 4.27. The molecule has 0 fully saturated rings. The van der Waals surface area contributed by atoms with Crippen LogP contribution in [0.4, 0.5) is 11.5 Å². The van der Waals surface area contributed by atoms with Crippen LogP contribution in [0.1, 0.15) is 28.4 Å². The molecule has 0 saturated carbocycles. The zero-order chi connectivity index (χ0) is 18.8. The van der Waals surface area contributed by atoms with E-state index in [0.717, 1.165) is 17.8 Å². The van der Waals surface area contributed by atoms with Gasteiger partial charge in [0.25, 0.3) is 5.91 Å². The number of hydrogen-bond donors (Lipinski definition) is 0. The molecule has 0 spiro atoms. The van der Waals surface area contributed by atoms with Gasteiger partial charge in [-0.1, -0.05) is 48.5 Å². The van der Waals surface area contributed by atoms with E-state index >= 15 is 0 Å². The Morgan fingerprint density at radius 3 is 2.56 bits per heavy atom. The van der Waals surface area contributed by atoms with Gasteiger partial charge >= 0.3 is 0 Å². The summed E-state index contributed by atoms with van der Waals surface area (Å²) in [7, 11) is 1.82. The first kappa shape index (κ1) is 17.3. The highest BCUT2D eigenvalue weighted by Crippen LogP contribution is 2.36. The van der Waals surface area contributed by atoms with E-state index in [1.807, 2.05) is 49.5 Å². The molecule has 136 valence electrons. The maximum absolute atomic E-state index is 12.7. The minimum atomic E-state index is -0.0206. The Morgan fingerprint density at radius 2 is 1.81 bits per heavy atom. The Bertz CT molecular complexity index is 937. The Kier molecular flexibility index (Phi) is 4.63. The summed E-state index contributed by atoms with van der Waals surface area (Å²) >= 11 is 0. The predicted molar refractivity (Wildman–Crippen MR) is 108 cm³/mol. The van der Waals surface area contributed by atoms with E-state index in [4.69, 9.17) is 0 Å². The van der Waals surface area contributed by atoms with E-state index in [-0.39, 0.29) is 5.91 Å². The summed E-state index contributed by atoms with van der Waals surface area (Å²) in [5.74, 6) is 0.863. The van der Waals surface area contributed by atoms with E-state index in [9.17, 15) is 4.79 Å². The molecule has 0 bridgehead atoms. The Hall–Kier alpha value is -3.14. The van der Waals surface area contributed by atoms with E-state index in [1.165, 1.54) is 11.3 Å². The van der Waals surface area contributed by atoms with Crippen LogP contribution in [-0.2, 0) is 13.0 Å². The van der Waals surface area contributed by atoms with Crippen molar-refractivity contribution in [3.8, 4) is 0 Å². The molecular formula is C23H23N3O. The summed E-state index contributed by atoms with van der Waals surface area (Å²) < 4.78 is 0. The predicted octanol–water partition coefficient (Wildman–Crippen LogP) is 4.44. The molecular weight excluding hydrogens is 334 g/mol. The van der Waals surface area contributed by atoms with Crippen LogP contribution in [0.2, 0.25) is 0 Å². The van der Waals surface area contributed by atoms with Crippen LogP contribution in [0.25, 0.3) is 0 Å². The number of fused-ring (bicyclic) bond motifs is 1. The standard InChI is InChI=1S/C23H23N3O/c1-17-14-19-10-6-7-11-21(19)26(17)22-13-12-20(15-24-22)23(27)25(2)16-18-8-4-3-5-9-18/h3-13,15,17H,14,16H2,1-2H3. The van der Waals surface area contributed by atoms with Gasteiger partial charge in [-0.25, -0.2) is 4.98 Å². The summed E-state index contributed by atoms with van der Waals surface area (Å²) in [6, 6.07) is 22.6. The highest BCUT2D eigenvalue weighted by molar-refractivity contribution is 5.94. The van der Waals surface area contributed by atoms with Crippen LogP contribution in [0, 0.1) is 0 Å². The zero-order valence-electron chi connectivity index (χ0n) is 15.7. The lowest BCUT2D eigenvalue weighted by atomic mass is 10.1. The normalized spacial score (nSPS) is 15.5. The average molecular weight is 357 g/mol. The molecule has 0 aliphatic carbocycles. The molecule has 1 amide bonds. The number of amides is 1. The first-order valence-corrected chi connectivity index (χ1v) is 9.26. The molecule has 2 aromatic carbocycles. The third-order valence-corrected chi connectivity index (χ3v) is 5.06. The molecule has 0 N–H and O–H groups in total. The molecule has 3 aromatic rings. The molecule has 27 heavy (non-hydrogen) atoms. The summed E-state index contributed by atoms with van der Waals surface area (Å²) in [6.07, 6.45) is 2.70. The second-order valence-corrected chi connectivity index (χ2v) is 7.10. The molecule has 4 heteroatoms. The number of pyridine rings is 1. The van der Waals surface area contributed by atoms with E-state index < -0.39 is 0 Å². The Balaban J connectivity index is 1.51. The smallest absolute Gasteiger partial charge is 0.255 e. The van der Waals surface area contributed by atoms with Crippen molar-refractivity contribution in [3.63, 3.8) is 0 Å². The van der Waals surface area contributed by atoms with Crippen molar-refractivity contribution in [2.45, 2.75) is 25.9 Å². The van der Waals surface area contributed by atoms with Gasteiger partial charge in [-0.05, 0) is 42.7 Å². The van der Waals surface area contributed by atoms with Gasteiger partial charge in [0, 0.05) is 31.5 Å². The third kappa shape index (κ3) is 3.43. The fourth-order valence-electron chi connectivity index (χ4n) is 3.72. The highest BCUT2D eigenvalue weighted by atomic mass is 16.2. The quantitative estimate of drug-likeness (QED) is 0.693. The Morgan fingerprint density at radius 1 is 1.07 bits per heavy atom. The number of rotatable bonds is 4. The lowest BCUT2D eigenvalue weighted by Crippen LogP contribution is -2.27. The van der Waals surface area contributed by atoms with Crippen LogP contribution in [0.5, 0.6) is 0 Å². The van der Waals surface area contributed by atoms with E-state index in [0.29, 0.717) is 18.2 Å².